The smallest absolute Gasteiger partial charge is 0.115 e. The van der Waals surface area contributed by atoms with Gasteiger partial charge in [-0.15, -0.1) is 0 Å². The van der Waals surface area contributed by atoms with Crippen LogP contribution in [0, 0.1) is 0 Å². The van der Waals surface area contributed by atoms with Gasteiger partial charge in [0.1, 0.15) is 5.79 Å². The minimum atomic E-state index is -0.983. The predicted molar refractivity (Wildman–Crippen MR) is 47.4 cm³/mol. The molecule has 8 N–H and O–H groups in total. The lowest BCUT2D eigenvalue weighted by Gasteiger charge is -2.17. The van der Waals surface area contributed by atoms with Crippen molar-refractivity contribution in [3.8, 4) is 0 Å². The summed E-state index contributed by atoms with van der Waals surface area (Å²) in [4.78, 5) is 0. The number of hydrogen-bond donors (Lipinski definition) is 4. The van der Waals surface area contributed by atoms with Gasteiger partial charge < -0.3 is 22.9 Å². The monoisotopic (exact) mass is 160 g/mol. The Balaban J connectivity index is 3.02. The molecular formula is C7H20N4. The maximum absolute atomic E-state index is 5.38. The molecule has 0 fully saturated rings. The average molecular weight is 160 g/mol. The highest BCUT2D eigenvalue weighted by Gasteiger charge is 2.09. The molecule has 68 valence electrons. The van der Waals surface area contributed by atoms with E-state index in [0.29, 0.717) is 6.42 Å². The third-order valence-corrected chi connectivity index (χ3v) is 1.56. The molecule has 0 saturated carbocycles. The second kappa shape index (κ2) is 5.49. The number of hydrogen-bond acceptors (Lipinski definition) is 4. The molecule has 0 bridgehead atoms. The molecule has 0 aromatic carbocycles. The van der Waals surface area contributed by atoms with Gasteiger partial charge in [0.25, 0.3) is 0 Å². The topological polar surface area (TPSA) is 104 Å². The quantitative estimate of drug-likeness (QED) is 0.308. The van der Waals surface area contributed by atoms with Gasteiger partial charge in [0, 0.05) is 0 Å². The first-order valence-electron chi connectivity index (χ1n) is 4.13. The molecule has 0 aliphatic carbocycles. The highest BCUT2D eigenvalue weighted by molar-refractivity contribution is 4.66. The number of rotatable bonds is 6. The second-order valence-corrected chi connectivity index (χ2v) is 3.07. The molecule has 0 radical (unpaired) electrons. The van der Waals surface area contributed by atoms with E-state index < -0.39 is 5.79 Å². The summed E-state index contributed by atoms with van der Waals surface area (Å²) in [6.07, 6.45) is 5.00. The zero-order valence-corrected chi connectivity index (χ0v) is 7.05. The Morgan fingerprint density at radius 2 is 1.36 bits per heavy atom. The summed E-state index contributed by atoms with van der Waals surface area (Å²) in [5.74, 6) is -0.983. The number of unbranched alkanes of at least 4 members (excludes halogenated alkanes) is 3. The first-order valence-corrected chi connectivity index (χ1v) is 4.13. The molecule has 0 heterocycles. The lowest BCUT2D eigenvalue weighted by atomic mass is 10.1. The molecule has 0 spiro atoms. The van der Waals surface area contributed by atoms with Crippen LogP contribution in [0.2, 0.25) is 0 Å². The van der Waals surface area contributed by atoms with Crippen molar-refractivity contribution in [1.82, 2.24) is 0 Å². The lowest BCUT2D eigenvalue weighted by Crippen LogP contribution is -2.57. The van der Waals surface area contributed by atoms with Crippen LogP contribution >= 0.6 is 0 Å². The van der Waals surface area contributed by atoms with Gasteiger partial charge in [-0.3, -0.25) is 0 Å². The van der Waals surface area contributed by atoms with Gasteiger partial charge in [0.05, 0.1) is 0 Å². The summed E-state index contributed by atoms with van der Waals surface area (Å²) in [5, 5.41) is 0. The van der Waals surface area contributed by atoms with Crippen LogP contribution in [0.25, 0.3) is 0 Å². The van der Waals surface area contributed by atoms with Crippen molar-refractivity contribution in [1.29, 1.82) is 0 Å². The first-order chi connectivity index (χ1) is 5.06. The zero-order chi connectivity index (χ0) is 8.74. The Bertz CT molecular complexity index is 86.9. The highest BCUT2D eigenvalue weighted by Crippen LogP contribution is 2.04. The lowest BCUT2D eigenvalue weighted by molar-refractivity contribution is 0.401. The minimum absolute atomic E-state index is 0.678. The molecule has 4 heteroatoms. The largest absolute Gasteiger partial charge is 0.330 e. The second-order valence-electron chi connectivity index (χ2n) is 3.07. The van der Waals surface area contributed by atoms with E-state index >= 15 is 0 Å². The SMILES string of the molecule is NCCCCCCC(N)(N)N. The number of nitrogens with two attached hydrogens (primary N) is 4. The van der Waals surface area contributed by atoms with Gasteiger partial charge in [-0.05, 0) is 25.8 Å². The minimum Gasteiger partial charge on any atom is -0.330 e. The Morgan fingerprint density at radius 3 is 1.82 bits per heavy atom. The van der Waals surface area contributed by atoms with E-state index in [0.717, 1.165) is 32.2 Å². The zero-order valence-electron chi connectivity index (χ0n) is 7.05. The normalized spacial score (nSPS) is 12.0. The van der Waals surface area contributed by atoms with Crippen molar-refractivity contribution in [2.24, 2.45) is 22.9 Å². The first kappa shape index (κ1) is 10.8. The van der Waals surface area contributed by atoms with Crippen LogP contribution in [0.3, 0.4) is 0 Å². The van der Waals surface area contributed by atoms with Crippen molar-refractivity contribution >= 4 is 0 Å². The van der Waals surface area contributed by atoms with Gasteiger partial charge >= 0.3 is 0 Å². The Hall–Kier alpha value is -0.160. The highest BCUT2D eigenvalue weighted by atomic mass is 15.1. The summed E-state index contributed by atoms with van der Waals surface area (Å²) in [7, 11) is 0. The Morgan fingerprint density at radius 1 is 0.818 bits per heavy atom. The third-order valence-electron chi connectivity index (χ3n) is 1.56. The molecule has 0 aliphatic rings. The molecule has 0 aromatic heterocycles. The van der Waals surface area contributed by atoms with E-state index in [1.54, 1.807) is 0 Å². The van der Waals surface area contributed by atoms with Gasteiger partial charge in [0.15, 0.2) is 0 Å². The molecular weight excluding hydrogens is 140 g/mol. The van der Waals surface area contributed by atoms with Gasteiger partial charge in [0.2, 0.25) is 0 Å². The van der Waals surface area contributed by atoms with E-state index in [4.69, 9.17) is 22.9 Å². The summed E-state index contributed by atoms with van der Waals surface area (Å²) in [6, 6.07) is 0. The fourth-order valence-corrected chi connectivity index (χ4v) is 0.929. The van der Waals surface area contributed by atoms with E-state index in [9.17, 15) is 0 Å². The van der Waals surface area contributed by atoms with Crippen molar-refractivity contribution in [2.45, 2.75) is 37.9 Å². The molecule has 0 aromatic rings. The maximum Gasteiger partial charge on any atom is 0.115 e. The van der Waals surface area contributed by atoms with Crippen LogP contribution in [0.15, 0.2) is 0 Å². The summed E-state index contributed by atoms with van der Waals surface area (Å²) in [5.41, 5.74) is 21.5. The summed E-state index contributed by atoms with van der Waals surface area (Å²) in [6.45, 7) is 0.763. The van der Waals surface area contributed by atoms with E-state index in [-0.39, 0.29) is 0 Å². The molecule has 0 amide bonds. The van der Waals surface area contributed by atoms with E-state index in [1.807, 2.05) is 0 Å². The van der Waals surface area contributed by atoms with Crippen LogP contribution in [-0.4, -0.2) is 12.3 Å². The molecule has 0 aliphatic heterocycles. The van der Waals surface area contributed by atoms with Crippen LogP contribution in [0.1, 0.15) is 32.1 Å². The Labute approximate surface area is 68.3 Å². The van der Waals surface area contributed by atoms with Crippen LogP contribution in [-0.2, 0) is 0 Å². The average Bonchev–Trinajstić information content (AvgIpc) is 1.85. The van der Waals surface area contributed by atoms with Gasteiger partial charge in [-0.25, -0.2) is 0 Å². The van der Waals surface area contributed by atoms with E-state index in [1.165, 1.54) is 0 Å². The van der Waals surface area contributed by atoms with Gasteiger partial charge in [-0.2, -0.15) is 0 Å². The fourth-order valence-electron chi connectivity index (χ4n) is 0.929. The predicted octanol–water partition coefficient (Wildman–Crippen LogP) is -0.574. The van der Waals surface area contributed by atoms with Crippen LogP contribution in [0.5, 0.6) is 0 Å². The third kappa shape index (κ3) is 9.84. The summed E-state index contributed by atoms with van der Waals surface area (Å²) >= 11 is 0. The van der Waals surface area contributed by atoms with Crippen molar-refractivity contribution < 1.29 is 0 Å². The van der Waals surface area contributed by atoms with Gasteiger partial charge in [-0.1, -0.05) is 12.8 Å². The van der Waals surface area contributed by atoms with Crippen LogP contribution < -0.4 is 22.9 Å². The molecule has 0 rings (SSSR count). The molecule has 0 saturated heterocycles. The van der Waals surface area contributed by atoms with E-state index in [2.05, 4.69) is 0 Å². The maximum atomic E-state index is 5.38. The van der Waals surface area contributed by atoms with Crippen molar-refractivity contribution in [3.05, 3.63) is 0 Å². The Kier molecular flexibility index (Phi) is 5.41. The van der Waals surface area contributed by atoms with Crippen LogP contribution in [0.4, 0.5) is 0 Å². The molecule has 11 heavy (non-hydrogen) atoms. The van der Waals surface area contributed by atoms with Crippen molar-refractivity contribution in [2.75, 3.05) is 6.54 Å². The summed E-state index contributed by atoms with van der Waals surface area (Å²) < 4.78 is 0. The standard InChI is InChI=1S/C7H20N4/c8-6-4-2-1-3-5-7(9,10)11/h1-6,8-11H2. The molecule has 0 atom stereocenters. The molecule has 0 unspecified atom stereocenters. The van der Waals surface area contributed by atoms with Crippen molar-refractivity contribution in [3.63, 3.8) is 0 Å². The fraction of sp³-hybridized carbons (Fsp3) is 1.00. The molecule has 4 nitrogen and oxygen atoms in total.